The van der Waals surface area contributed by atoms with Crippen molar-refractivity contribution >= 4 is 21.7 Å². The van der Waals surface area contributed by atoms with E-state index in [4.69, 9.17) is 0 Å². The summed E-state index contributed by atoms with van der Waals surface area (Å²) in [5.74, 6) is 0.690. The highest BCUT2D eigenvalue weighted by molar-refractivity contribution is 7.90. The van der Waals surface area contributed by atoms with Gasteiger partial charge in [0.25, 0.3) is 0 Å². The van der Waals surface area contributed by atoms with Gasteiger partial charge >= 0.3 is 0 Å². The van der Waals surface area contributed by atoms with Crippen LogP contribution in [0.5, 0.6) is 0 Å². The van der Waals surface area contributed by atoms with E-state index >= 15 is 0 Å². The van der Waals surface area contributed by atoms with Crippen molar-refractivity contribution in [3.8, 4) is 0 Å². The number of nitrogens with zero attached hydrogens (tertiary/aromatic N) is 2. The molecule has 3 aliphatic rings. The molecule has 1 aromatic carbocycles. The summed E-state index contributed by atoms with van der Waals surface area (Å²) in [7, 11) is -3.21. The Hall–Kier alpha value is -1.93. The molecule has 1 aromatic rings. The number of amides is 2. The Labute approximate surface area is 210 Å². The topological polar surface area (TPSA) is 86.8 Å². The van der Waals surface area contributed by atoms with Crippen molar-refractivity contribution in [2.75, 3.05) is 25.9 Å². The molecule has 2 amide bonds. The maximum atomic E-state index is 13.7. The number of carbonyl (C=O) groups excluding carboxylic acids is 2. The Morgan fingerprint density at radius 2 is 1.69 bits per heavy atom. The summed E-state index contributed by atoms with van der Waals surface area (Å²) in [6.07, 6.45) is 11.2. The molecule has 2 saturated heterocycles. The maximum Gasteiger partial charge on any atom is 0.246 e. The molecular weight excluding hydrogens is 462 g/mol. The first-order chi connectivity index (χ1) is 16.7. The highest BCUT2D eigenvalue weighted by Crippen LogP contribution is 2.36. The lowest BCUT2D eigenvalue weighted by Gasteiger charge is -2.52. The molecule has 0 bridgehead atoms. The number of carbonyl (C=O) groups is 2. The Bertz CT molecular complexity index is 994. The molecule has 2 aliphatic heterocycles. The molecule has 0 radical (unpaired) electrons. The van der Waals surface area contributed by atoms with Crippen molar-refractivity contribution in [2.45, 2.75) is 94.2 Å². The zero-order valence-corrected chi connectivity index (χ0v) is 22.1. The molecule has 3 fully saturated rings. The molecule has 2 heterocycles. The van der Waals surface area contributed by atoms with Gasteiger partial charge in [0.15, 0.2) is 9.84 Å². The van der Waals surface area contributed by atoms with Gasteiger partial charge in [-0.15, -0.1) is 0 Å². The molecule has 35 heavy (non-hydrogen) atoms. The van der Waals surface area contributed by atoms with Crippen LogP contribution in [-0.2, 0) is 26.0 Å². The molecule has 0 unspecified atom stereocenters. The molecular formula is C27H41N3O4S. The number of rotatable bonds is 8. The van der Waals surface area contributed by atoms with Gasteiger partial charge in [-0.3, -0.25) is 14.5 Å². The van der Waals surface area contributed by atoms with Gasteiger partial charge in [0.2, 0.25) is 11.8 Å². The number of piperazine rings is 1. The Morgan fingerprint density at radius 1 is 1.03 bits per heavy atom. The van der Waals surface area contributed by atoms with E-state index in [9.17, 15) is 18.0 Å². The van der Waals surface area contributed by atoms with E-state index < -0.39 is 15.4 Å². The fraction of sp³-hybridized carbons (Fsp3) is 0.704. The molecule has 1 spiro atoms. The van der Waals surface area contributed by atoms with E-state index in [0.717, 1.165) is 37.9 Å². The standard InChI is InChI=1S/C27H41N3O4S/c1-3-4-16-30-25(31)24(19-21-8-6-5-7-9-21)28-26(32)27(30)14-17-29(18-15-27)20-22-10-12-23(13-11-22)35(2,33)34/h10-13,21,24H,3-9,14-20H2,1-2H3,(H,28,32)/t24-/m0/s1. The number of likely N-dealkylation sites (tertiary alicyclic amines) is 1. The lowest BCUT2D eigenvalue weighted by atomic mass is 9.79. The van der Waals surface area contributed by atoms with Gasteiger partial charge in [-0.25, -0.2) is 8.42 Å². The average Bonchev–Trinajstić information content (AvgIpc) is 2.84. The maximum absolute atomic E-state index is 13.7. The van der Waals surface area contributed by atoms with E-state index in [2.05, 4.69) is 17.1 Å². The number of sulfone groups is 1. The minimum Gasteiger partial charge on any atom is -0.342 e. The minimum atomic E-state index is -3.21. The van der Waals surface area contributed by atoms with Crippen molar-refractivity contribution in [2.24, 2.45) is 5.92 Å². The van der Waals surface area contributed by atoms with Crippen LogP contribution in [0.15, 0.2) is 29.2 Å². The van der Waals surface area contributed by atoms with Gasteiger partial charge in [0.05, 0.1) is 4.90 Å². The largest absolute Gasteiger partial charge is 0.342 e. The predicted octanol–water partition coefficient (Wildman–Crippen LogP) is 3.52. The molecule has 1 atom stereocenters. The first-order valence-electron chi connectivity index (χ1n) is 13.4. The quantitative estimate of drug-likeness (QED) is 0.587. The third-order valence-corrected chi connectivity index (χ3v) is 9.41. The molecule has 0 aromatic heterocycles. The summed E-state index contributed by atoms with van der Waals surface area (Å²) in [6, 6.07) is 6.66. The van der Waals surface area contributed by atoms with Crippen molar-refractivity contribution in [3.05, 3.63) is 29.8 Å². The summed E-state index contributed by atoms with van der Waals surface area (Å²) >= 11 is 0. The molecule has 8 heteroatoms. The van der Waals surface area contributed by atoms with E-state index in [0.29, 0.717) is 36.7 Å². The molecule has 7 nitrogen and oxygen atoms in total. The van der Waals surface area contributed by atoms with Crippen LogP contribution in [0.4, 0.5) is 0 Å². The summed E-state index contributed by atoms with van der Waals surface area (Å²) in [4.78, 5) is 31.8. The lowest BCUT2D eigenvalue weighted by molar-refractivity contribution is -0.162. The van der Waals surface area contributed by atoms with Crippen LogP contribution in [0.3, 0.4) is 0 Å². The summed E-state index contributed by atoms with van der Waals surface area (Å²) < 4.78 is 23.4. The van der Waals surface area contributed by atoms with Gasteiger partial charge in [0.1, 0.15) is 11.6 Å². The summed E-state index contributed by atoms with van der Waals surface area (Å²) in [5, 5.41) is 3.16. The van der Waals surface area contributed by atoms with Gasteiger partial charge in [-0.2, -0.15) is 0 Å². The van der Waals surface area contributed by atoms with Gasteiger partial charge < -0.3 is 10.2 Å². The van der Waals surface area contributed by atoms with Gasteiger partial charge in [0, 0.05) is 32.4 Å². The first-order valence-corrected chi connectivity index (χ1v) is 15.3. The van der Waals surface area contributed by atoms with Crippen molar-refractivity contribution in [1.29, 1.82) is 0 Å². The van der Waals surface area contributed by atoms with Crippen molar-refractivity contribution in [1.82, 2.24) is 15.1 Å². The second kappa shape index (κ2) is 11.0. The third kappa shape index (κ3) is 5.91. The highest BCUT2D eigenvalue weighted by Gasteiger charge is 2.53. The summed E-state index contributed by atoms with van der Waals surface area (Å²) in [6.45, 7) is 4.93. The van der Waals surface area contributed by atoms with Crippen molar-refractivity contribution in [3.63, 3.8) is 0 Å². The highest BCUT2D eigenvalue weighted by atomic mass is 32.2. The SMILES string of the molecule is CCCCN1C(=O)[C@H](CC2CCCCC2)NC(=O)C12CCN(Cc1ccc(S(C)(=O)=O)cc1)CC2. The second-order valence-electron chi connectivity index (χ2n) is 10.8. The Morgan fingerprint density at radius 3 is 2.29 bits per heavy atom. The van der Waals surface area contributed by atoms with Gasteiger partial charge in [-0.05, 0) is 49.3 Å². The van der Waals surface area contributed by atoms with E-state index in [1.807, 2.05) is 17.0 Å². The molecule has 194 valence electrons. The van der Waals surface area contributed by atoms with Crippen LogP contribution in [0, 0.1) is 5.92 Å². The number of unbranched alkanes of at least 4 members (excludes halogenated alkanes) is 1. The number of nitrogens with one attached hydrogen (secondary N) is 1. The van der Waals surface area contributed by atoms with Gasteiger partial charge in [-0.1, -0.05) is 57.6 Å². The van der Waals surface area contributed by atoms with Crippen LogP contribution in [0.2, 0.25) is 0 Å². The van der Waals surface area contributed by atoms with Crippen LogP contribution < -0.4 is 5.32 Å². The zero-order valence-electron chi connectivity index (χ0n) is 21.3. The van der Waals surface area contributed by atoms with E-state index in [1.54, 1.807) is 12.1 Å². The lowest BCUT2D eigenvalue weighted by Crippen LogP contribution is -2.73. The molecule has 1 N–H and O–H groups in total. The fourth-order valence-electron chi connectivity index (χ4n) is 6.11. The first kappa shape index (κ1) is 26.1. The van der Waals surface area contributed by atoms with E-state index in [1.165, 1.54) is 38.4 Å². The molecule has 4 rings (SSSR count). The second-order valence-corrected chi connectivity index (χ2v) is 12.8. The van der Waals surface area contributed by atoms with Crippen LogP contribution in [0.1, 0.15) is 76.7 Å². The molecule has 1 aliphatic carbocycles. The number of hydrogen-bond donors (Lipinski definition) is 1. The fourth-order valence-corrected chi connectivity index (χ4v) is 6.74. The molecule has 1 saturated carbocycles. The number of benzene rings is 1. The van der Waals surface area contributed by atoms with Crippen molar-refractivity contribution < 1.29 is 18.0 Å². The third-order valence-electron chi connectivity index (χ3n) is 8.28. The smallest absolute Gasteiger partial charge is 0.246 e. The number of hydrogen-bond acceptors (Lipinski definition) is 5. The normalized spacial score (nSPS) is 24.1. The monoisotopic (exact) mass is 503 g/mol. The number of piperidine rings is 1. The van der Waals surface area contributed by atoms with Crippen LogP contribution in [-0.4, -0.2) is 67.5 Å². The Balaban J connectivity index is 1.42. The Kier molecular flexibility index (Phi) is 8.21. The van der Waals surface area contributed by atoms with Crippen LogP contribution >= 0.6 is 0 Å². The predicted molar refractivity (Wildman–Crippen MR) is 137 cm³/mol. The minimum absolute atomic E-state index is 0.0335. The van der Waals surface area contributed by atoms with E-state index in [-0.39, 0.29) is 17.9 Å². The van der Waals surface area contributed by atoms with Crippen LogP contribution in [0.25, 0.3) is 0 Å². The average molecular weight is 504 g/mol. The summed E-state index contributed by atoms with van der Waals surface area (Å²) in [5.41, 5.74) is 0.305. The zero-order chi connectivity index (χ0) is 25.1.